The number of ether oxygens (including phenoxy) is 2. The Hall–Kier alpha value is -3.29. The summed E-state index contributed by atoms with van der Waals surface area (Å²) in [4.78, 5) is 22.1. The molecule has 2 rings (SSSR count). The normalized spacial score (nSPS) is 10.9. The number of non-ortho nitro benzene ring substituents is 1. The van der Waals surface area contributed by atoms with Crippen molar-refractivity contribution in [3.8, 4) is 11.5 Å². The fourth-order valence-corrected chi connectivity index (χ4v) is 2.00. The van der Waals surface area contributed by atoms with Gasteiger partial charge in [-0.1, -0.05) is 12.1 Å². The van der Waals surface area contributed by atoms with Crippen LogP contribution in [0, 0.1) is 10.1 Å². The summed E-state index contributed by atoms with van der Waals surface area (Å²) in [7, 11) is 1.31. The Bertz CT molecular complexity index is 803. The van der Waals surface area contributed by atoms with Crippen LogP contribution < -0.4 is 9.47 Å². The van der Waals surface area contributed by atoms with Gasteiger partial charge in [0.25, 0.3) is 5.69 Å². The Morgan fingerprint density at radius 2 is 1.84 bits per heavy atom. The monoisotopic (exact) mass is 349 g/mol. The number of rotatable bonds is 7. The predicted octanol–water partition coefficient (Wildman–Crippen LogP) is 4.10. The molecule has 0 saturated carbocycles. The number of ketones is 1. The van der Waals surface area contributed by atoms with E-state index in [4.69, 9.17) is 4.74 Å². The van der Waals surface area contributed by atoms with E-state index in [2.05, 4.69) is 4.74 Å². The zero-order chi connectivity index (χ0) is 18.4. The van der Waals surface area contributed by atoms with Crippen LogP contribution in [0.5, 0.6) is 11.5 Å². The largest absolute Gasteiger partial charge is 0.493 e. The lowest BCUT2D eigenvalue weighted by Crippen LogP contribution is -2.03. The molecule has 0 N–H and O–H groups in total. The number of carbonyl (C=O) groups is 1. The average molecular weight is 349 g/mol. The molecule has 0 amide bonds. The number of hydrogen-bond donors (Lipinski definition) is 0. The highest BCUT2D eigenvalue weighted by molar-refractivity contribution is 6.06. The van der Waals surface area contributed by atoms with E-state index in [0.29, 0.717) is 5.56 Å². The van der Waals surface area contributed by atoms with Gasteiger partial charge in [-0.3, -0.25) is 14.9 Å². The highest BCUT2D eigenvalue weighted by Crippen LogP contribution is 2.29. The lowest BCUT2D eigenvalue weighted by atomic mass is 10.1. The molecule has 0 unspecified atom stereocenters. The SMILES string of the molecule is COc1cc(/C=C/C(=O)c2ccc([N+](=O)[O-])cc2)ccc1OC(F)F. The third-order valence-corrected chi connectivity index (χ3v) is 3.19. The van der Waals surface area contributed by atoms with Gasteiger partial charge in [-0.2, -0.15) is 8.78 Å². The second-order valence-electron chi connectivity index (χ2n) is 4.79. The van der Waals surface area contributed by atoms with Gasteiger partial charge in [-0.25, -0.2) is 0 Å². The van der Waals surface area contributed by atoms with E-state index in [1.807, 2.05) is 0 Å². The number of nitro benzene ring substituents is 1. The minimum atomic E-state index is -2.97. The fourth-order valence-electron chi connectivity index (χ4n) is 2.00. The van der Waals surface area contributed by atoms with Crippen LogP contribution in [0.15, 0.2) is 48.5 Å². The number of nitro groups is 1. The average Bonchev–Trinajstić information content (AvgIpc) is 2.60. The molecule has 130 valence electrons. The molecule has 0 spiro atoms. The third-order valence-electron chi connectivity index (χ3n) is 3.19. The summed E-state index contributed by atoms with van der Waals surface area (Å²) in [6.07, 6.45) is 2.74. The third kappa shape index (κ3) is 4.84. The molecule has 0 fully saturated rings. The van der Waals surface area contributed by atoms with Gasteiger partial charge < -0.3 is 9.47 Å². The number of halogens is 2. The van der Waals surface area contributed by atoms with E-state index in [0.717, 1.165) is 0 Å². The first-order valence-corrected chi connectivity index (χ1v) is 7.00. The molecular weight excluding hydrogens is 336 g/mol. The highest BCUT2D eigenvalue weighted by atomic mass is 19.3. The van der Waals surface area contributed by atoms with Crippen molar-refractivity contribution in [3.63, 3.8) is 0 Å². The van der Waals surface area contributed by atoms with Crippen molar-refractivity contribution in [3.05, 3.63) is 69.8 Å². The smallest absolute Gasteiger partial charge is 0.387 e. The minimum absolute atomic E-state index is 0.102. The van der Waals surface area contributed by atoms with Crippen LogP contribution in [0.4, 0.5) is 14.5 Å². The van der Waals surface area contributed by atoms with Crippen LogP contribution >= 0.6 is 0 Å². The molecule has 0 aliphatic carbocycles. The van der Waals surface area contributed by atoms with Gasteiger partial charge in [-0.05, 0) is 35.9 Å². The second kappa shape index (κ2) is 8.00. The summed E-state index contributed by atoms with van der Waals surface area (Å²) >= 11 is 0. The molecule has 0 bridgehead atoms. The molecule has 0 saturated heterocycles. The molecule has 0 radical (unpaired) electrons. The molecule has 8 heteroatoms. The summed E-state index contributed by atoms with van der Waals surface area (Å²) in [5.74, 6) is -0.372. The maximum absolute atomic E-state index is 12.3. The van der Waals surface area contributed by atoms with Gasteiger partial charge in [-0.15, -0.1) is 0 Å². The molecule has 0 heterocycles. The molecular formula is C17H13F2NO5. The van der Waals surface area contributed by atoms with E-state index in [1.54, 1.807) is 0 Å². The van der Waals surface area contributed by atoms with Crippen molar-refractivity contribution in [2.24, 2.45) is 0 Å². The van der Waals surface area contributed by atoms with Crippen LogP contribution in [0.1, 0.15) is 15.9 Å². The summed E-state index contributed by atoms with van der Waals surface area (Å²) in [6, 6.07) is 9.41. The fraction of sp³-hybridized carbons (Fsp3) is 0.118. The highest BCUT2D eigenvalue weighted by Gasteiger charge is 2.11. The summed E-state index contributed by atoms with van der Waals surface area (Å²) in [5.41, 5.74) is 0.708. The van der Waals surface area contributed by atoms with Crippen molar-refractivity contribution in [2.45, 2.75) is 6.61 Å². The first kappa shape index (κ1) is 18.1. The predicted molar refractivity (Wildman–Crippen MR) is 86.1 cm³/mol. The number of carbonyl (C=O) groups excluding carboxylic acids is 1. The van der Waals surface area contributed by atoms with Gasteiger partial charge in [0.2, 0.25) is 0 Å². The minimum Gasteiger partial charge on any atom is -0.493 e. The maximum atomic E-state index is 12.3. The van der Waals surface area contributed by atoms with Gasteiger partial charge in [0.05, 0.1) is 12.0 Å². The number of hydrogen-bond acceptors (Lipinski definition) is 5. The number of allylic oxidation sites excluding steroid dienone is 1. The topological polar surface area (TPSA) is 78.7 Å². The number of methoxy groups -OCH3 is 1. The molecule has 25 heavy (non-hydrogen) atoms. The van der Waals surface area contributed by atoms with E-state index in [9.17, 15) is 23.7 Å². The van der Waals surface area contributed by atoms with Gasteiger partial charge in [0.15, 0.2) is 17.3 Å². The Morgan fingerprint density at radius 1 is 1.16 bits per heavy atom. The number of benzene rings is 2. The first-order valence-electron chi connectivity index (χ1n) is 7.00. The summed E-state index contributed by atoms with van der Waals surface area (Å²) in [5, 5.41) is 10.6. The van der Waals surface area contributed by atoms with Crippen LogP contribution in [-0.2, 0) is 0 Å². The molecule has 0 aliphatic heterocycles. The quantitative estimate of drug-likeness (QED) is 0.325. The van der Waals surface area contributed by atoms with Crippen LogP contribution in [0.3, 0.4) is 0 Å². The molecule has 2 aromatic carbocycles. The van der Waals surface area contributed by atoms with E-state index >= 15 is 0 Å². The molecule has 2 aromatic rings. The van der Waals surface area contributed by atoms with Crippen LogP contribution in [-0.4, -0.2) is 24.4 Å². The Labute approximate surface area is 141 Å². The van der Waals surface area contributed by atoms with Crippen LogP contribution in [0.2, 0.25) is 0 Å². The molecule has 0 aliphatic rings. The van der Waals surface area contributed by atoms with Crippen LogP contribution in [0.25, 0.3) is 6.08 Å². The van der Waals surface area contributed by atoms with E-state index in [1.165, 1.54) is 61.7 Å². The number of nitrogens with zero attached hydrogens (tertiary/aromatic N) is 1. The Balaban J connectivity index is 2.15. The lowest BCUT2D eigenvalue weighted by Gasteiger charge is -2.10. The zero-order valence-corrected chi connectivity index (χ0v) is 13.0. The van der Waals surface area contributed by atoms with Crippen molar-refractivity contribution in [2.75, 3.05) is 7.11 Å². The summed E-state index contributed by atoms with van der Waals surface area (Å²) in [6.45, 7) is -2.97. The van der Waals surface area contributed by atoms with Gasteiger partial charge in [0, 0.05) is 17.7 Å². The van der Waals surface area contributed by atoms with Crippen molar-refractivity contribution in [1.82, 2.24) is 0 Å². The zero-order valence-electron chi connectivity index (χ0n) is 13.0. The first-order chi connectivity index (χ1) is 11.9. The van der Waals surface area contributed by atoms with Gasteiger partial charge in [0.1, 0.15) is 0 Å². The maximum Gasteiger partial charge on any atom is 0.387 e. The van der Waals surface area contributed by atoms with Gasteiger partial charge >= 0.3 is 6.61 Å². The summed E-state index contributed by atoms with van der Waals surface area (Å²) < 4.78 is 33.8. The van der Waals surface area contributed by atoms with Crippen molar-refractivity contribution < 1.29 is 28.0 Å². The second-order valence-corrected chi connectivity index (χ2v) is 4.79. The Kier molecular flexibility index (Phi) is 5.78. The number of alkyl halides is 2. The molecule has 0 atom stereocenters. The van der Waals surface area contributed by atoms with E-state index < -0.39 is 11.5 Å². The molecule has 6 nitrogen and oxygen atoms in total. The molecule has 0 aromatic heterocycles. The standard InChI is InChI=1S/C17H13F2NO5/c1-24-16-10-11(3-9-15(16)25-17(18)19)2-8-14(21)12-4-6-13(7-5-12)20(22)23/h2-10,17H,1H3/b8-2+. The Morgan fingerprint density at radius 3 is 2.40 bits per heavy atom. The van der Waals surface area contributed by atoms with Crippen molar-refractivity contribution >= 4 is 17.5 Å². The lowest BCUT2D eigenvalue weighted by molar-refractivity contribution is -0.384. The van der Waals surface area contributed by atoms with Crippen molar-refractivity contribution in [1.29, 1.82) is 0 Å². The van der Waals surface area contributed by atoms with E-state index in [-0.39, 0.29) is 28.5 Å².